The van der Waals surface area contributed by atoms with Crippen LogP contribution < -0.4 is 5.32 Å². The summed E-state index contributed by atoms with van der Waals surface area (Å²) in [4.78, 5) is 15.8. The molecule has 0 radical (unpaired) electrons. The van der Waals surface area contributed by atoms with E-state index in [0.717, 1.165) is 43.8 Å². The third kappa shape index (κ3) is 5.87. The molecule has 190 valence electrons. The number of aliphatic hydroxyl groups excluding tert-OH is 1. The number of amides is 1. The van der Waals surface area contributed by atoms with E-state index >= 15 is 0 Å². The number of aromatic hydroxyl groups is 1. The smallest absolute Gasteiger partial charge is 0.233 e. The summed E-state index contributed by atoms with van der Waals surface area (Å²) in [5.74, 6) is 2.07. The lowest BCUT2D eigenvalue weighted by Crippen LogP contribution is -2.54. The van der Waals surface area contributed by atoms with Crippen LogP contribution in [0.4, 0.5) is 0 Å². The summed E-state index contributed by atoms with van der Waals surface area (Å²) in [7, 11) is 0. The van der Waals surface area contributed by atoms with Gasteiger partial charge in [-0.15, -0.1) is 11.8 Å². The topological polar surface area (TPSA) is 72.8 Å². The fourth-order valence-corrected chi connectivity index (χ4v) is 6.64. The maximum absolute atomic E-state index is 13.3. The van der Waals surface area contributed by atoms with Gasteiger partial charge < -0.3 is 20.4 Å². The van der Waals surface area contributed by atoms with Crippen molar-refractivity contribution in [1.82, 2.24) is 10.2 Å². The number of rotatable bonds is 7. The van der Waals surface area contributed by atoms with Crippen molar-refractivity contribution in [1.29, 1.82) is 0 Å². The number of carbonyl (C=O) groups excluding carboxylic acids is 1. The van der Waals surface area contributed by atoms with Crippen molar-refractivity contribution in [3.05, 3.63) is 64.7 Å². The van der Waals surface area contributed by atoms with Crippen LogP contribution in [-0.2, 0) is 29.0 Å². The fourth-order valence-electron chi connectivity index (χ4n) is 5.48. The first-order valence-corrected chi connectivity index (χ1v) is 13.9. The number of piperidine rings is 1. The molecule has 2 aromatic rings. The molecule has 0 unspecified atom stereocenters. The van der Waals surface area contributed by atoms with Gasteiger partial charge in [-0.2, -0.15) is 0 Å². The van der Waals surface area contributed by atoms with E-state index in [4.69, 9.17) is 0 Å². The number of aliphatic hydroxyl groups is 1. The van der Waals surface area contributed by atoms with Crippen molar-refractivity contribution < 1.29 is 15.0 Å². The van der Waals surface area contributed by atoms with Gasteiger partial charge in [0.05, 0.1) is 11.9 Å². The van der Waals surface area contributed by atoms with Gasteiger partial charge in [-0.25, -0.2) is 0 Å². The number of nitrogens with one attached hydrogen (secondary N) is 1. The summed E-state index contributed by atoms with van der Waals surface area (Å²) in [5, 5.41) is 22.7. The first-order valence-electron chi connectivity index (χ1n) is 12.8. The molecule has 1 fully saturated rings. The lowest BCUT2D eigenvalue weighted by atomic mass is 9.68. The number of phenolic OH excluding ortho intramolecular Hbond substituents is 1. The molecule has 2 aliphatic rings. The van der Waals surface area contributed by atoms with E-state index in [2.05, 4.69) is 56.1 Å². The van der Waals surface area contributed by atoms with Crippen LogP contribution in [-0.4, -0.2) is 51.9 Å². The van der Waals surface area contributed by atoms with Crippen LogP contribution in [0, 0.1) is 11.8 Å². The van der Waals surface area contributed by atoms with Crippen LogP contribution >= 0.6 is 11.8 Å². The molecule has 35 heavy (non-hydrogen) atoms. The second-order valence-corrected chi connectivity index (χ2v) is 12.2. The number of hydrogen-bond acceptors (Lipinski definition) is 5. The van der Waals surface area contributed by atoms with Crippen molar-refractivity contribution in [3.63, 3.8) is 0 Å². The van der Waals surface area contributed by atoms with Gasteiger partial charge >= 0.3 is 0 Å². The van der Waals surface area contributed by atoms with E-state index in [1.165, 1.54) is 16.7 Å². The van der Waals surface area contributed by atoms with Gasteiger partial charge in [0.25, 0.3) is 0 Å². The first-order chi connectivity index (χ1) is 16.7. The summed E-state index contributed by atoms with van der Waals surface area (Å²) in [6, 6.07) is 13.9. The third-order valence-corrected chi connectivity index (χ3v) is 9.51. The van der Waals surface area contributed by atoms with Gasteiger partial charge in [-0.1, -0.05) is 58.0 Å². The van der Waals surface area contributed by atoms with E-state index in [-0.39, 0.29) is 29.2 Å². The van der Waals surface area contributed by atoms with Crippen molar-refractivity contribution in [2.45, 2.75) is 69.6 Å². The average molecular weight is 497 g/mol. The summed E-state index contributed by atoms with van der Waals surface area (Å²) in [6.07, 6.45) is 1.77. The second kappa shape index (κ2) is 10.9. The molecule has 2 heterocycles. The second-order valence-electron chi connectivity index (χ2n) is 11.0. The van der Waals surface area contributed by atoms with Crippen LogP contribution in [0.25, 0.3) is 0 Å². The Kier molecular flexibility index (Phi) is 8.14. The summed E-state index contributed by atoms with van der Waals surface area (Å²) in [6.45, 7) is 11.9. The summed E-state index contributed by atoms with van der Waals surface area (Å²) in [5.41, 5.74) is 4.64. The Morgan fingerprint density at radius 1 is 1.23 bits per heavy atom. The number of phenols is 1. The molecule has 0 bridgehead atoms. The zero-order chi connectivity index (χ0) is 25.2. The van der Waals surface area contributed by atoms with Crippen LogP contribution in [0.3, 0.4) is 0 Å². The van der Waals surface area contributed by atoms with Gasteiger partial charge in [0.2, 0.25) is 5.91 Å². The van der Waals surface area contributed by atoms with E-state index < -0.39 is 0 Å². The molecule has 4 rings (SSSR count). The van der Waals surface area contributed by atoms with Crippen LogP contribution in [0.1, 0.15) is 56.4 Å². The number of fused-ring (bicyclic) bond motifs is 1. The van der Waals surface area contributed by atoms with Crippen molar-refractivity contribution >= 4 is 17.7 Å². The Morgan fingerprint density at radius 3 is 2.71 bits per heavy atom. The molecule has 0 aromatic heterocycles. The predicted molar refractivity (Wildman–Crippen MR) is 144 cm³/mol. The Balaban J connectivity index is 1.36. The molecule has 6 heteroatoms. The number of carbonyl (C=O) groups is 1. The molecule has 5 nitrogen and oxygen atoms in total. The zero-order valence-corrected chi connectivity index (χ0v) is 22.3. The summed E-state index contributed by atoms with van der Waals surface area (Å²) < 4.78 is 0. The Morgan fingerprint density at radius 2 is 2.03 bits per heavy atom. The van der Waals surface area contributed by atoms with Crippen LogP contribution in [0.15, 0.2) is 42.5 Å². The van der Waals surface area contributed by atoms with Crippen molar-refractivity contribution in [3.8, 4) is 5.75 Å². The Bertz CT molecular complexity index is 1040. The normalized spacial score (nSPS) is 25.8. The predicted octanol–water partition coefficient (Wildman–Crippen LogP) is 4.48. The highest BCUT2D eigenvalue weighted by Gasteiger charge is 2.39. The number of thioether (sulfide) groups is 1. The minimum absolute atomic E-state index is 0.0356. The molecule has 1 saturated heterocycles. The Hall–Kier alpha value is -2.02. The highest BCUT2D eigenvalue weighted by Crippen LogP contribution is 2.40. The van der Waals surface area contributed by atoms with Gasteiger partial charge in [0, 0.05) is 24.9 Å². The molecule has 4 atom stereocenters. The van der Waals surface area contributed by atoms with Gasteiger partial charge in [-0.05, 0) is 71.0 Å². The van der Waals surface area contributed by atoms with Crippen molar-refractivity contribution in [2.24, 2.45) is 11.8 Å². The molecule has 0 saturated carbocycles. The molecular formula is C29H40N2O3S. The maximum Gasteiger partial charge on any atom is 0.233 e. The Labute approximate surface area is 214 Å². The highest BCUT2D eigenvalue weighted by atomic mass is 32.2. The van der Waals surface area contributed by atoms with E-state index in [9.17, 15) is 15.0 Å². The van der Waals surface area contributed by atoms with Gasteiger partial charge in [-0.3, -0.25) is 4.79 Å². The lowest BCUT2D eigenvalue weighted by Gasteiger charge is -2.46. The fraction of sp³-hybridized carbons (Fsp3) is 0.552. The maximum atomic E-state index is 13.3. The standard InChI is InChI=1S/C29H40N2O3S/c1-19(2)26(30-28(34)27-13-22-9-8-21(17-32)12-23(22)18-35-27)16-31-11-10-29(4,20(3)15-31)24-6-5-7-25(33)14-24/h5-9,12,14,19-20,26-27,32-33H,10-11,13,15-18H2,1-4H3,(H,30,34)/t20-,26+,27+,29+/m0/s1. The number of likely N-dealkylation sites (tertiary alicyclic amines) is 1. The van der Waals surface area contributed by atoms with Gasteiger partial charge in [0.15, 0.2) is 0 Å². The van der Waals surface area contributed by atoms with Crippen LogP contribution in [0.2, 0.25) is 0 Å². The molecule has 2 aliphatic heterocycles. The first kappa shape index (κ1) is 26.1. The largest absolute Gasteiger partial charge is 0.508 e. The molecular weight excluding hydrogens is 456 g/mol. The highest BCUT2D eigenvalue weighted by molar-refractivity contribution is 7.99. The van der Waals surface area contributed by atoms with Gasteiger partial charge in [0.1, 0.15) is 5.75 Å². The summed E-state index contributed by atoms with van der Waals surface area (Å²) >= 11 is 1.70. The molecule has 3 N–H and O–H groups in total. The quantitative estimate of drug-likeness (QED) is 0.527. The molecule has 1 amide bonds. The van der Waals surface area contributed by atoms with E-state index in [1.54, 1.807) is 17.8 Å². The molecule has 2 aromatic carbocycles. The van der Waals surface area contributed by atoms with E-state index in [0.29, 0.717) is 17.6 Å². The minimum Gasteiger partial charge on any atom is -0.508 e. The minimum atomic E-state index is -0.0712. The monoisotopic (exact) mass is 496 g/mol. The van der Waals surface area contributed by atoms with Crippen LogP contribution in [0.5, 0.6) is 5.75 Å². The number of hydrogen-bond donors (Lipinski definition) is 3. The van der Waals surface area contributed by atoms with Crippen molar-refractivity contribution in [2.75, 3.05) is 19.6 Å². The SMILES string of the molecule is CC(C)[C@@H](CN1CC[C@@](C)(c2cccc(O)c2)[C@@H](C)C1)NC(=O)[C@H]1Cc2ccc(CO)cc2CS1. The molecule has 0 aliphatic carbocycles. The lowest BCUT2D eigenvalue weighted by molar-refractivity contribution is -0.121. The molecule has 0 spiro atoms. The average Bonchev–Trinajstić information content (AvgIpc) is 2.85. The third-order valence-electron chi connectivity index (χ3n) is 8.25. The van der Waals surface area contributed by atoms with E-state index in [1.807, 2.05) is 18.2 Å². The number of nitrogens with zero attached hydrogens (tertiary/aromatic N) is 1. The zero-order valence-electron chi connectivity index (χ0n) is 21.5. The number of benzene rings is 2.